The molecule has 0 aliphatic heterocycles. The smallest absolute Gasteiger partial charge is 0.308 e. The van der Waals surface area contributed by atoms with Gasteiger partial charge in [0.25, 0.3) is 5.56 Å². The van der Waals surface area contributed by atoms with E-state index >= 15 is 0 Å². The number of H-pyrrole nitrogens is 1. The van der Waals surface area contributed by atoms with Gasteiger partial charge in [-0.1, -0.05) is 30.4 Å². The van der Waals surface area contributed by atoms with Crippen LogP contribution in [0.5, 0.6) is 5.75 Å². The third kappa shape index (κ3) is 3.52. The van der Waals surface area contributed by atoms with Crippen LogP contribution in [0.4, 0.5) is 0 Å². The van der Waals surface area contributed by atoms with Crippen LogP contribution in [0.3, 0.4) is 0 Å². The van der Waals surface area contributed by atoms with Gasteiger partial charge in [-0.2, -0.15) is 5.10 Å². The Morgan fingerprint density at radius 1 is 1.09 bits per heavy atom. The van der Waals surface area contributed by atoms with E-state index < -0.39 is 0 Å². The van der Waals surface area contributed by atoms with E-state index in [-0.39, 0.29) is 11.5 Å². The van der Waals surface area contributed by atoms with Crippen LogP contribution in [0, 0.1) is 0 Å². The van der Waals surface area contributed by atoms with Crippen LogP contribution < -0.4 is 10.3 Å². The molecule has 114 valence electrons. The normalized spacial score (nSPS) is 11.0. The second-order valence-corrected chi connectivity index (χ2v) is 5.04. The first-order chi connectivity index (χ1) is 11.1. The van der Waals surface area contributed by atoms with E-state index in [4.69, 9.17) is 4.74 Å². The topological polar surface area (TPSA) is 72.1 Å². The summed E-state index contributed by atoms with van der Waals surface area (Å²) in [5, 5.41) is 7.62. The van der Waals surface area contributed by atoms with Gasteiger partial charge in [0.2, 0.25) is 0 Å². The summed E-state index contributed by atoms with van der Waals surface area (Å²) in [7, 11) is 0. The van der Waals surface area contributed by atoms with E-state index in [2.05, 4.69) is 10.2 Å². The molecule has 5 nitrogen and oxygen atoms in total. The Kier molecular flexibility index (Phi) is 4.01. The summed E-state index contributed by atoms with van der Waals surface area (Å²) in [5.74, 6) is 0.179. The van der Waals surface area contributed by atoms with Crippen molar-refractivity contribution >= 4 is 28.9 Å². The number of nitrogens with one attached hydrogen (secondary N) is 1. The maximum Gasteiger partial charge on any atom is 0.308 e. The van der Waals surface area contributed by atoms with Gasteiger partial charge in [-0.3, -0.25) is 9.59 Å². The number of hydrogen-bond acceptors (Lipinski definition) is 4. The van der Waals surface area contributed by atoms with Crippen molar-refractivity contribution < 1.29 is 9.53 Å². The number of benzene rings is 2. The first kappa shape index (κ1) is 14.7. The molecular formula is C18H14N2O3. The summed E-state index contributed by atoms with van der Waals surface area (Å²) in [6, 6.07) is 12.8. The summed E-state index contributed by atoms with van der Waals surface area (Å²) < 4.78 is 4.99. The Bertz CT molecular complexity index is 940. The van der Waals surface area contributed by atoms with Crippen molar-refractivity contribution in [2.45, 2.75) is 6.92 Å². The van der Waals surface area contributed by atoms with Crippen molar-refractivity contribution in [2.24, 2.45) is 0 Å². The number of rotatable bonds is 3. The zero-order chi connectivity index (χ0) is 16.2. The molecule has 0 bridgehead atoms. The van der Waals surface area contributed by atoms with Crippen molar-refractivity contribution in [1.82, 2.24) is 10.2 Å². The van der Waals surface area contributed by atoms with Gasteiger partial charge >= 0.3 is 5.97 Å². The largest absolute Gasteiger partial charge is 0.427 e. The number of aromatic nitrogens is 2. The van der Waals surface area contributed by atoms with Gasteiger partial charge in [-0.15, -0.1) is 0 Å². The number of aromatic amines is 1. The van der Waals surface area contributed by atoms with E-state index in [9.17, 15) is 9.59 Å². The molecule has 0 saturated carbocycles. The number of carbonyl (C=O) groups is 1. The third-order valence-corrected chi connectivity index (χ3v) is 3.30. The average molecular weight is 306 g/mol. The second-order valence-electron chi connectivity index (χ2n) is 5.04. The molecular weight excluding hydrogens is 292 g/mol. The van der Waals surface area contributed by atoms with E-state index in [1.54, 1.807) is 24.4 Å². The lowest BCUT2D eigenvalue weighted by Crippen LogP contribution is -2.06. The molecule has 0 fully saturated rings. The van der Waals surface area contributed by atoms with Crippen LogP contribution >= 0.6 is 0 Å². The van der Waals surface area contributed by atoms with E-state index in [0.717, 1.165) is 16.5 Å². The lowest BCUT2D eigenvalue weighted by molar-refractivity contribution is -0.131. The SMILES string of the molecule is CC(=O)Oc1ccc(C=Cc2ccc3c(=O)[nH]ncc3c2)cc1. The molecule has 1 aromatic heterocycles. The van der Waals surface area contributed by atoms with Gasteiger partial charge in [0.15, 0.2) is 0 Å². The summed E-state index contributed by atoms with van der Waals surface area (Å²) in [4.78, 5) is 22.5. The minimum Gasteiger partial charge on any atom is -0.427 e. The van der Waals surface area contributed by atoms with Gasteiger partial charge in [0.05, 0.1) is 11.6 Å². The molecule has 0 amide bonds. The molecule has 3 rings (SSSR count). The fourth-order valence-electron chi connectivity index (χ4n) is 2.22. The van der Waals surface area contributed by atoms with Gasteiger partial charge in [-0.05, 0) is 35.4 Å². The first-order valence-electron chi connectivity index (χ1n) is 7.06. The van der Waals surface area contributed by atoms with E-state index in [1.807, 2.05) is 36.4 Å². The van der Waals surface area contributed by atoms with E-state index in [0.29, 0.717) is 11.1 Å². The number of ether oxygens (including phenoxy) is 1. The highest BCUT2D eigenvalue weighted by atomic mass is 16.5. The van der Waals surface area contributed by atoms with Gasteiger partial charge < -0.3 is 4.74 Å². The summed E-state index contributed by atoms with van der Waals surface area (Å²) in [5.41, 5.74) is 1.75. The number of fused-ring (bicyclic) bond motifs is 1. The first-order valence-corrected chi connectivity index (χ1v) is 7.06. The van der Waals surface area contributed by atoms with Gasteiger partial charge in [0.1, 0.15) is 5.75 Å². The molecule has 5 heteroatoms. The van der Waals surface area contributed by atoms with Crippen molar-refractivity contribution in [3.63, 3.8) is 0 Å². The Morgan fingerprint density at radius 2 is 1.78 bits per heavy atom. The fraction of sp³-hybridized carbons (Fsp3) is 0.0556. The molecule has 0 saturated heterocycles. The molecule has 0 aliphatic rings. The monoisotopic (exact) mass is 306 g/mol. The Hall–Kier alpha value is -3.21. The standard InChI is InChI=1S/C18H14N2O3/c1-12(21)23-16-7-4-13(5-8-16)2-3-14-6-9-17-15(10-14)11-19-20-18(17)22/h2-11H,1H3,(H,20,22). The number of esters is 1. The van der Waals surface area contributed by atoms with Crippen LogP contribution in [0.2, 0.25) is 0 Å². The molecule has 1 heterocycles. The Labute approximate surface area is 132 Å². The Balaban J connectivity index is 1.82. The molecule has 1 N–H and O–H groups in total. The highest BCUT2D eigenvalue weighted by molar-refractivity contribution is 5.84. The van der Waals surface area contributed by atoms with Crippen LogP contribution in [0.15, 0.2) is 53.5 Å². The predicted octanol–water partition coefficient (Wildman–Crippen LogP) is 3.02. The zero-order valence-corrected chi connectivity index (χ0v) is 12.4. The lowest BCUT2D eigenvalue weighted by Gasteiger charge is -2.01. The summed E-state index contributed by atoms with van der Waals surface area (Å²) >= 11 is 0. The molecule has 0 unspecified atom stereocenters. The third-order valence-electron chi connectivity index (χ3n) is 3.30. The molecule has 23 heavy (non-hydrogen) atoms. The highest BCUT2D eigenvalue weighted by Crippen LogP contribution is 2.16. The van der Waals surface area contributed by atoms with Crippen molar-refractivity contribution in [3.05, 3.63) is 70.1 Å². The van der Waals surface area contributed by atoms with Crippen LogP contribution in [-0.2, 0) is 4.79 Å². The quantitative estimate of drug-likeness (QED) is 0.458. The maximum absolute atomic E-state index is 11.6. The number of hydrogen-bond donors (Lipinski definition) is 1. The molecule has 2 aromatic carbocycles. The lowest BCUT2D eigenvalue weighted by atomic mass is 10.1. The highest BCUT2D eigenvalue weighted by Gasteiger charge is 1.99. The van der Waals surface area contributed by atoms with E-state index in [1.165, 1.54) is 6.92 Å². The molecule has 0 aliphatic carbocycles. The number of carbonyl (C=O) groups excluding carboxylic acids is 1. The van der Waals surface area contributed by atoms with Crippen LogP contribution in [0.1, 0.15) is 18.1 Å². The van der Waals surface area contributed by atoms with Gasteiger partial charge in [0, 0.05) is 12.3 Å². The summed E-state index contributed by atoms with van der Waals surface area (Å²) in [6.45, 7) is 1.37. The van der Waals surface area contributed by atoms with Crippen LogP contribution in [0.25, 0.3) is 22.9 Å². The van der Waals surface area contributed by atoms with Crippen molar-refractivity contribution in [3.8, 4) is 5.75 Å². The zero-order valence-electron chi connectivity index (χ0n) is 12.4. The van der Waals surface area contributed by atoms with Crippen LogP contribution in [-0.4, -0.2) is 16.2 Å². The van der Waals surface area contributed by atoms with Gasteiger partial charge in [-0.25, -0.2) is 5.10 Å². The number of nitrogens with zero attached hydrogens (tertiary/aromatic N) is 1. The molecule has 0 spiro atoms. The second kappa shape index (κ2) is 6.27. The Morgan fingerprint density at radius 3 is 2.52 bits per heavy atom. The van der Waals surface area contributed by atoms with Crippen molar-refractivity contribution in [2.75, 3.05) is 0 Å². The molecule has 0 atom stereocenters. The van der Waals surface area contributed by atoms with Crippen molar-refractivity contribution in [1.29, 1.82) is 0 Å². The fourth-order valence-corrected chi connectivity index (χ4v) is 2.22. The predicted molar refractivity (Wildman–Crippen MR) is 89.0 cm³/mol. The minimum absolute atomic E-state index is 0.195. The maximum atomic E-state index is 11.6. The summed E-state index contributed by atoms with van der Waals surface area (Å²) in [6.07, 6.45) is 5.52. The molecule has 3 aromatic rings. The minimum atomic E-state index is -0.340. The average Bonchev–Trinajstić information content (AvgIpc) is 2.54. The molecule has 0 radical (unpaired) electrons.